The summed E-state index contributed by atoms with van der Waals surface area (Å²) in [7, 11) is 0. The first kappa shape index (κ1) is 8.95. The number of anilines is 1. The maximum atomic E-state index is 4.12. The van der Waals surface area contributed by atoms with E-state index in [2.05, 4.69) is 41.8 Å². The van der Waals surface area contributed by atoms with Crippen molar-refractivity contribution in [1.82, 2.24) is 0 Å². The first-order valence-corrected chi connectivity index (χ1v) is 5.35. The number of hydrogen-bond acceptors (Lipinski definition) is 2. The molecule has 0 saturated heterocycles. The number of rotatable bonds is 2. The van der Waals surface area contributed by atoms with E-state index < -0.39 is 0 Å². The average Bonchev–Trinajstić information content (AvgIpc) is 2.70. The molecular formula is C11H15NS. The minimum atomic E-state index is 0.760. The lowest BCUT2D eigenvalue weighted by Gasteiger charge is -2.13. The quantitative estimate of drug-likeness (QED) is 0.684. The topological polar surface area (TPSA) is 12.0 Å². The zero-order chi connectivity index (χ0) is 9.10. The van der Waals surface area contributed by atoms with Crippen LogP contribution in [0.4, 0.5) is 5.69 Å². The summed E-state index contributed by atoms with van der Waals surface area (Å²) < 4.78 is 2.97. The van der Waals surface area contributed by atoms with Crippen molar-refractivity contribution in [3.05, 3.63) is 29.8 Å². The smallest absolute Gasteiger partial charge is 0.0472 e. The van der Waals surface area contributed by atoms with Crippen molar-refractivity contribution >= 4 is 18.5 Å². The average molecular weight is 193 g/mol. The van der Waals surface area contributed by atoms with Crippen LogP contribution >= 0.6 is 12.8 Å². The molecule has 0 radical (unpaired) electrons. The van der Waals surface area contributed by atoms with Crippen LogP contribution in [0.1, 0.15) is 37.2 Å². The Kier molecular flexibility index (Phi) is 2.79. The van der Waals surface area contributed by atoms with E-state index in [1.54, 1.807) is 0 Å². The number of hydrogen-bond donors (Lipinski definition) is 2. The molecule has 13 heavy (non-hydrogen) atoms. The number of thiol groups is 1. The van der Waals surface area contributed by atoms with E-state index in [0.29, 0.717) is 0 Å². The molecule has 0 spiro atoms. The van der Waals surface area contributed by atoms with E-state index in [9.17, 15) is 0 Å². The Morgan fingerprint density at radius 3 is 2.54 bits per heavy atom. The maximum absolute atomic E-state index is 4.12. The molecule has 1 aliphatic carbocycles. The van der Waals surface area contributed by atoms with Gasteiger partial charge in [0, 0.05) is 5.69 Å². The molecule has 0 aliphatic heterocycles. The van der Waals surface area contributed by atoms with Gasteiger partial charge in [-0.25, -0.2) is 0 Å². The van der Waals surface area contributed by atoms with E-state index >= 15 is 0 Å². The summed E-state index contributed by atoms with van der Waals surface area (Å²) in [5.41, 5.74) is 2.62. The van der Waals surface area contributed by atoms with Gasteiger partial charge in [0.25, 0.3) is 0 Å². The SMILES string of the molecule is SNc1ccccc1C1CCCC1. The summed E-state index contributed by atoms with van der Waals surface area (Å²) in [4.78, 5) is 0. The van der Waals surface area contributed by atoms with Crippen LogP contribution in [0.15, 0.2) is 24.3 Å². The molecule has 1 N–H and O–H groups in total. The zero-order valence-corrected chi connectivity index (χ0v) is 8.56. The van der Waals surface area contributed by atoms with Crippen molar-refractivity contribution in [3.8, 4) is 0 Å². The molecule has 70 valence electrons. The minimum absolute atomic E-state index is 0.760. The van der Waals surface area contributed by atoms with Crippen LogP contribution in [0, 0.1) is 0 Å². The third-order valence-corrected chi connectivity index (χ3v) is 3.12. The van der Waals surface area contributed by atoms with E-state index in [4.69, 9.17) is 0 Å². The summed E-state index contributed by atoms with van der Waals surface area (Å²) in [6.07, 6.45) is 5.44. The van der Waals surface area contributed by atoms with Crippen molar-refractivity contribution in [2.45, 2.75) is 31.6 Å². The van der Waals surface area contributed by atoms with Crippen LogP contribution in [-0.4, -0.2) is 0 Å². The van der Waals surface area contributed by atoms with Gasteiger partial charge in [0.05, 0.1) is 0 Å². The Morgan fingerprint density at radius 1 is 1.15 bits per heavy atom. The lowest BCUT2D eigenvalue weighted by atomic mass is 9.96. The van der Waals surface area contributed by atoms with E-state index in [-0.39, 0.29) is 0 Å². The highest BCUT2D eigenvalue weighted by molar-refractivity contribution is 7.81. The number of benzene rings is 1. The highest BCUT2D eigenvalue weighted by Gasteiger charge is 2.18. The fourth-order valence-corrected chi connectivity index (χ4v) is 2.40. The molecule has 1 aromatic rings. The lowest BCUT2D eigenvalue weighted by molar-refractivity contribution is 0.726. The lowest BCUT2D eigenvalue weighted by Crippen LogP contribution is -1.96. The van der Waals surface area contributed by atoms with Gasteiger partial charge < -0.3 is 4.72 Å². The standard InChI is InChI=1S/C11H15NS/c13-12-11-8-4-3-7-10(11)9-5-1-2-6-9/h3-4,7-9,12-13H,1-2,5-6H2. The second kappa shape index (κ2) is 4.05. The van der Waals surface area contributed by atoms with Gasteiger partial charge in [-0.2, -0.15) is 0 Å². The van der Waals surface area contributed by atoms with Crippen molar-refractivity contribution in [3.63, 3.8) is 0 Å². The molecule has 0 heterocycles. The molecule has 1 saturated carbocycles. The molecule has 0 bridgehead atoms. The second-order valence-electron chi connectivity index (χ2n) is 3.68. The van der Waals surface area contributed by atoms with Crippen LogP contribution in [0.25, 0.3) is 0 Å². The summed E-state index contributed by atoms with van der Waals surface area (Å²) in [5, 5.41) is 0. The molecule has 1 nitrogen and oxygen atoms in total. The van der Waals surface area contributed by atoms with Gasteiger partial charge in [-0.05, 0) is 30.4 Å². The zero-order valence-electron chi connectivity index (χ0n) is 7.66. The van der Waals surface area contributed by atoms with Crippen LogP contribution in [0.5, 0.6) is 0 Å². The van der Waals surface area contributed by atoms with Crippen molar-refractivity contribution in [2.75, 3.05) is 4.72 Å². The normalized spacial score (nSPS) is 17.6. The fourth-order valence-electron chi connectivity index (χ4n) is 2.19. The fraction of sp³-hybridized carbons (Fsp3) is 0.455. The molecule has 2 rings (SSSR count). The molecule has 0 amide bonds. The first-order chi connectivity index (χ1) is 6.42. The Balaban J connectivity index is 2.26. The number of nitrogens with one attached hydrogen (secondary N) is 1. The van der Waals surface area contributed by atoms with Gasteiger partial charge in [0.1, 0.15) is 0 Å². The van der Waals surface area contributed by atoms with Gasteiger partial charge in [-0.3, -0.25) is 0 Å². The molecule has 1 aliphatic rings. The van der Waals surface area contributed by atoms with E-state index in [1.165, 1.54) is 36.9 Å². The van der Waals surface area contributed by atoms with Crippen LogP contribution in [-0.2, 0) is 0 Å². The summed E-state index contributed by atoms with van der Waals surface area (Å²) in [6, 6.07) is 8.48. The van der Waals surface area contributed by atoms with Gasteiger partial charge >= 0.3 is 0 Å². The van der Waals surface area contributed by atoms with Gasteiger partial charge in [0.2, 0.25) is 0 Å². The molecule has 2 heteroatoms. The van der Waals surface area contributed by atoms with Crippen molar-refractivity contribution < 1.29 is 0 Å². The summed E-state index contributed by atoms with van der Waals surface area (Å²) in [6.45, 7) is 0. The molecule has 1 aromatic carbocycles. The predicted octanol–water partition coefficient (Wildman–Crippen LogP) is 3.60. The summed E-state index contributed by atoms with van der Waals surface area (Å²) >= 11 is 4.12. The predicted molar refractivity (Wildman–Crippen MR) is 60.3 cm³/mol. The van der Waals surface area contributed by atoms with Gasteiger partial charge in [-0.15, -0.1) is 0 Å². The Bertz CT molecular complexity index is 279. The molecule has 0 aromatic heterocycles. The number of para-hydroxylation sites is 1. The third kappa shape index (κ3) is 1.83. The maximum Gasteiger partial charge on any atom is 0.0472 e. The molecule has 1 fully saturated rings. The van der Waals surface area contributed by atoms with Crippen molar-refractivity contribution in [2.24, 2.45) is 0 Å². The minimum Gasteiger partial charge on any atom is -0.332 e. The highest BCUT2D eigenvalue weighted by atomic mass is 32.1. The Morgan fingerprint density at radius 2 is 1.85 bits per heavy atom. The largest absolute Gasteiger partial charge is 0.332 e. The van der Waals surface area contributed by atoms with Crippen molar-refractivity contribution in [1.29, 1.82) is 0 Å². The summed E-state index contributed by atoms with van der Waals surface area (Å²) in [5.74, 6) is 0.760. The van der Waals surface area contributed by atoms with E-state index in [1.807, 2.05) is 0 Å². The Labute approximate surface area is 85.1 Å². The van der Waals surface area contributed by atoms with Crippen LogP contribution < -0.4 is 4.72 Å². The van der Waals surface area contributed by atoms with Crippen LogP contribution in [0.2, 0.25) is 0 Å². The van der Waals surface area contributed by atoms with Gasteiger partial charge in [0.15, 0.2) is 0 Å². The monoisotopic (exact) mass is 193 g/mol. The Hall–Kier alpha value is -0.630. The second-order valence-corrected chi connectivity index (χ2v) is 3.90. The third-order valence-electron chi connectivity index (χ3n) is 2.88. The molecule has 0 atom stereocenters. The highest BCUT2D eigenvalue weighted by Crippen LogP contribution is 2.37. The first-order valence-electron chi connectivity index (χ1n) is 4.91. The van der Waals surface area contributed by atoms with E-state index in [0.717, 1.165) is 5.92 Å². The molecular weight excluding hydrogens is 178 g/mol. The van der Waals surface area contributed by atoms with Gasteiger partial charge in [-0.1, -0.05) is 43.9 Å². The van der Waals surface area contributed by atoms with Crippen LogP contribution in [0.3, 0.4) is 0 Å². The molecule has 0 unspecified atom stereocenters.